The van der Waals surface area contributed by atoms with Crippen LogP contribution in [-0.4, -0.2) is 49.0 Å². The number of aldehydes is 1. The molecular weight excluding hydrogens is 358 g/mol. The van der Waals surface area contributed by atoms with E-state index in [1.54, 1.807) is 4.90 Å². The van der Waals surface area contributed by atoms with Gasteiger partial charge in [0.2, 0.25) is 0 Å². The zero-order valence-electron chi connectivity index (χ0n) is 18.2. The summed E-state index contributed by atoms with van der Waals surface area (Å²) in [5.74, 6) is -0.143. The highest BCUT2D eigenvalue weighted by Crippen LogP contribution is 2.10. The van der Waals surface area contributed by atoms with Crippen molar-refractivity contribution in [3.63, 3.8) is 0 Å². The zero-order valence-corrected chi connectivity index (χ0v) is 18.2. The summed E-state index contributed by atoms with van der Waals surface area (Å²) in [6.07, 6.45) is 11.8. The Balaban J connectivity index is 4.06. The lowest BCUT2D eigenvalue weighted by Gasteiger charge is -2.21. The molecule has 0 aromatic heterocycles. The van der Waals surface area contributed by atoms with Crippen LogP contribution in [0.5, 0.6) is 0 Å². The Bertz CT molecular complexity index is 414. The lowest BCUT2D eigenvalue weighted by Crippen LogP contribution is -2.34. The van der Waals surface area contributed by atoms with Gasteiger partial charge in [0.15, 0.2) is 6.29 Å². The van der Waals surface area contributed by atoms with E-state index in [1.807, 2.05) is 6.92 Å². The average molecular weight is 400 g/mol. The second kappa shape index (κ2) is 18.8. The van der Waals surface area contributed by atoms with Gasteiger partial charge in [0, 0.05) is 19.5 Å². The van der Waals surface area contributed by atoms with Gasteiger partial charge in [-0.25, -0.2) is 4.79 Å². The molecule has 28 heavy (non-hydrogen) atoms. The van der Waals surface area contributed by atoms with E-state index in [0.717, 1.165) is 44.9 Å². The summed E-state index contributed by atoms with van der Waals surface area (Å²) >= 11 is 0. The second-order valence-electron chi connectivity index (χ2n) is 7.40. The first kappa shape index (κ1) is 26.4. The maximum atomic E-state index is 12.1. The standard InChI is InChI=1S/C22H41NO5/c1-4-6-7-8-9-12-16-23(22(26)27-19-18-24)17-13-10-11-15-21(25)28-20(3)14-5-2/h18,20H,4-17,19H2,1-3H3. The molecule has 0 radical (unpaired) electrons. The Labute approximate surface area is 171 Å². The number of ether oxygens (including phenoxy) is 2. The van der Waals surface area contributed by atoms with Crippen LogP contribution >= 0.6 is 0 Å². The van der Waals surface area contributed by atoms with Crippen LogP contribution in [-0.2, 0) is 19.1 Å². The smallest absolute Gasteiger partial charge is 0.410 e. The first-order valence-corrected chi connectivity index (χ1v) is 11.1. The van der Waals surface area contributed by atoms with Crippen molar-refractivity contribution in [3.05, 3.63) is 0 Å². The van der Waals surface area contributed by atoms with Crippen LogP contribution in [0.3, 0.4) is 0 Å². The van der Waals surface area contributed by atoms with Crippen LogP contribution in [0.15, 0.2) is 0 Å². The molecule has 0 rings (SSSR count). The average Bonchev–Trinajstić information content (AvgIpc) is 2.66. The van der Waals surface area contributed by atoms with E-state index in [9.17, 15) is 14.4 Å². The highest BCUT2D eigenvalue weighted by molar-refractivity contribution is 5.70. The van der Waals surface area contributed by atoms with Gasteiger partial charge in [0.1, 0.15) is 6.61 Å². The topological polar surface area (TPSA) is 72.9 Å². The molecule has 0 heterocycles. The molecule has 1 unspecified atom stereocenters. The first-order valence-electron chi connectivity index (χ1n) is 11.1. The summed E-state index contributed by atoms with van der Waals surface area (Å²) < 4.78 is 10.3. The molecule has 164 valence electrons. The van der Waals surface area contributed by atoms with Crippen molar-refractivity contribution in [1.29, 1.82) is 0 Å². The molecule has 6 nitrogen and oxygen atoms in total. The maximum absolute atomic E-state index is 12.1. The Morgan fingerprint density at radius 1 is 0.893 bits per heavy atom. The third-order valence-corrected chi connectivity index (χ3v) is 4.65. The SMILES string of the molecule is CCCCCCCCN(CCCCCC(=O)OC(C)CCC)C(=O)OCC=O. The van der Waals surface area contributed by atoms with E-state index in [4.69, 9.17) is 9.47 Å². The number of carbonyl (C=O) groups is 3. The fourth-order valence-corrected chi connectivity index (χ4v) is 3.07. The number of carbonyl (C=O) groups excluding carboxylic acids is 3. The molecule has 0 saturated carbocycles. The van der Waals surface area contributed by atoms with Gasteiger partial charge in [-0.2, -0.15) is 0 Å². The van der Waals surface area contributed by atoms with Crippen molar-refractivity contribution >= 4 is 18.3 Å². The van der Waals surface area contributed by atoms with E-state index >= 15 is 0 Å². The van der Waals surface area contributed by atoms with Gasteiger partial charge in [-0.05, 0) is 32.6 Å². The number of esters is 1. The number of hydrogen-bond donors (Lipinski definition) is 0. The van der Waals surface area contributed by atoms with Crippen LogP contribution < -0.4 is 0 Å². The van der Waals surface area contributed by atoms with E-state index < -0.39 is 6.09 Å². The summed E-state index contributed by atoms with van der Waals surface area (Å²) in [4.78, 5) is 36.0. The number of unbranched alkanes of at least 4 members (excludes halogenated alkanes) is 7. The molecule has 0 aromatic carbocycles. The number of nitrogens with zero attached hydrogens (tertiary/aromatic N) is 1. The molecule has 0 bridgehead atoms. The van der Waals surface area contributed by atoms with Gasteiger partial charge in [-0.3, -0.25) is 9.59 Å². The summed E-state index contributed by atoms with van der Waals surface area (Å²) in [7, 11) is 0. The van der Waals surface area contributed by atoms with Crippen molar-refractivity contribution in [2.75, 3.05) is 19.7 Å². The van der Waals surface area contributed by atoms with Crippen LogP contribution in [0.4, 0.5) is 4.79 Å². The third-order valence-electron chi connectivity index (χ3n) is 4.65. The van der Waals surface area contributed by atoms with Crippen molar-refractivity contribution in [2.45, 2.75) is 104 Å². The number of hydrogen-bond acceptors (Lipinski definition) is 5. The molecule has 1 atom stereocenters. The summed E-state index contributed by atoms with van der Waals surface area (Å²) in [6.45, 7) is 7.23. The van der Waals surface area contributed by atoms with E-state index in [-0.39, 0.29) is 18.7 Å². The molecule has 0 aliphatic carbocycles. The quantitative estimate of drug-likeness (QED) is 0.178. The van der Waals surface area contributed by atoms with E-state index in [0.29, 0.717) is 25.8 Å². The van der Waals surface area contributed by atoms with Crippen LogP contribution in [0.2, 0.25) is 0 Å². The zero-order chi connectivity index (χ0) is 21.0. The van der Waals surface area contributed by atoms with Gasteiger partial charge in [-0.15, -0.1) is 0 Å². The van der Waals surface area contributed by atoms with Crippen LogP contribution in [0, 0.1) is 0 Å². The van der Waals surface area contributed by atoms with Gasteiger partial charge in [0.25, 0.3) is 0 Å². The van der Waals surface area contributed by atoms with Gasteiger partial charge in [0.05, 0.1) is 6.10 Å². The lowest BCUT2D eigenvalue weighted by atomic mass is 10.1. The Kier molecular flexibility index (Phi) is 17.7. The van der Waals surface area contributed by atoms with Crippen molar-refractivity contribution < 1.29 is 23.9 Å². The highest BCUT2D eigenvalue weighted by Gasteiger charge is 2.14. The Morgan fingerprint density at radius 3 is 2.11 bits per heavy atom. The fourth-order valence-electron chi connectivity index (χ4n) is 3.07. The van der Waals surface area contributed by atoms with Crippen LogP contribution in [0.25, 0.3) is 0 Å². The lowest BCUT2D eigenvalue weighted by molar-refractivity contribution is -0.148. The molecule has 0 saturated heterocycles. The van der Waals surface area contributed by atoms with Gasteiger partial charge < -0.3 is 14.4 Å². The molecule has 6 heteroatoms. The maximum Gasteiger partial charge on any atom is 0.410 e. The minimum atomic E-state index is -0.423. The monoisotopic (exact) mass is 399 g/mol. The number of rotatable bonds is 18. The summed E-state index contributed by atoms with van der Waals surface area (Å²) in [5.41, 5.74) is 0. The molecule has 0 N–H and O–H groups in total. The van der Waals surface area contributed by atoms with Crippen molar-refractivity contribution in [2.24, 2.45) is 0 Å². The molecule has 0 aliphatic heterocycles. The molecule has 1 amide bonds. The number of amides is 1. The van der Waals surface area contributed by atoms with Crippen molar-refractivity contribution in [1.82, 2.24) is 4.90 Å². The molecule has 0 aromatic rings. The van der Waals surface area contributed by atoms with Gasteiger partial charge >= 0.3 is 12.1 Å². The summed E-state index contributed by atoms with van der Waals surface area (Å²) in [6, 6.07) is 0. The van der Waals surface area contributed by atoms with E-state index in [2.05, 4.69) is 13.8 Å². The van der Waals surface area contributed by atoms with Crippen LogP contribution in [0.1, 0.15) is 97.8 Å². The largest absolute Gasteiger partial charge is 0.463 e. The second-order valence-corrected chi connectivity index (χ2v) is 7.40. The Morgan fingerprint density at radius 2 is 1.50 bits per heavy atom. The fraction of sp³-hybridized carbons (Fsp3) is 0.864. The minimum Gasteiger partial charge on any atom is -0.463 e. The molecule has 0 aliphatic rings. The first-order chi connectivity index (χ1) is 13.5. The normalized spacial score (nSPS) is 11.7. The molecule has 0 fully saturated rings. The Hall–Kier alpha value is -1.59. The predicted octanol–water partition coefficient (Wildman–Crippen LogP) is 5.28. The molecule has 0 spiro atoms. The minimum absolute atomic E-state index is 0.0158. The summed E-state index contributed by atoms with van der Waals surface area (Å²) in [5, 5.41) is 0. The molecular formula is C22H41NO5. The van der Waals surface area contributed by atoms with E-state index in [1.165, 1.54) is 25.7 Å². The third kappa shape index (κ3) is 15.5. The highest BCUT2D eigenvalue weighted by atomic mass is 16.6. The van der Waals surface area contributed by atoms with Gasteiger partial charge in [-0.1, -0.05) is 58.8 Å². The van der Waals surface area contributed by atoms with Crippen molar-refractivity contribution in [3.8, 4) is 0 Å². The predicted molar refractivity (Wildman–Crippen MR) is 111 cm³/mol.